The van der Waals surface area contributed by atoms with Gasteiger partial charge >= 0.3 is 12.1 Å². The van der Waals surface area contributed by atoms with Crippen LogP contribution in [0, 0.1) is 18.6 Å². The predicted octanol–water partition coefficient (Wildman–Crippen LogP) is 4.70. The molecule has 0 fully saturated rings. The zero-order valence-corrected chi connectivity index (χ0v) is 22.4. The van der Waals surface area contributed by atoms with E-state index in [9.17, 15) is 31.5 Å². The van der Waals surface area contributed by atoms with Crippen molar-refractivity contribution in [2.24, 2.45) is 0 Å². The van der Waals surface area contributed by atoms with Crippen LogP contribution in [0.3, 0.4) is 0 Å². The van der Waals surface area contributed by atoms with Crippen LogP contribution < -0.4 is 15.4 Å². The highest BCUT2D eigenvalue weighted by atomic mass is 19.4. The molecule has 0 unspecified atom stereocenters. The number of aryl methyl sites for hydroxylation is 1. The van der Waals surface area contributed by atoms with Crippen LogP contribution in [0.1, 0.15) is 30.7 Å². The van der Waals surface area contributed by atoms with Gasteiger partial charge in [-0.05, 0) is 45.0 Å². The van der Waals surface area contributed by atoms with Gasteiger partial charge in [-0.15, -0.1) is 0 Å². The van der Waals surface area contributed by atoms with Crippen molar-refractivity contribution in [1.29, 1.82) is 0 Å². The first-order valence-electron chi connectivity index (χ1n) is 12.5. The molecule has 1 aliphatic rings. The van der Waals surface area contributed by atoms with E-state index in [1.54, 1.807) is 43.5 Å². The number of nitrogens with zero attached hydrogens (tertiary/aromatic N) is 4. The van der Waals surface area contributed by atoms with Gasteiger partial charge in [-0.25, -0.2) is 28.5 Å². The maximum Gasteiger partial charge on any atom is 0.490 e. The summed E-state index contributed by atoms with van der Waals surface area (Å²) in [7, 11) is 0. The molecular formula is C27H23F5N6O4. The second-order valence-corrected chi connectivity index (χ2v) is 9.86. The number of carbonyl (C=O) groups is 2. The van der Waals surface area contributed by atoms with E-state index in [1.807, 2.05) is 0 Å². The molecule has 10 nitrogen and oxygen atoms in total. The second-order valence-electron chi connectivity index (χ2n) is 9.86. The zero-order valence-electron chi connectivity index (χ0n) is 22.4. The van der Waals surface area contributed by atoms with Crippen LogP contribution in [0.25, 0.3) is 17.2 Å². The molecule has 0 radical (unpaired) electrons. The number of rotatable bonds is 8. The maximum atomic E-state index is 14.1. The number of imidazole rings is 1. The van der Waals surface area contributed by atoms with Gasteiger partial charge in [0, 0.05) is 6.20 Å². The largest absolute Gasteiger partial charge is 0.490 e. The average Bonchev–Trinajstić information content (AvgIpc) is 3.37. The Hall–Kier alpha value is -4.82. The number of ether oxygens (including phenoxy) is 2. The molecule has 4 heterocycles. The number of amides is 1. The van der Waals surface area contributed by atoms with Gasteiger partial charge in [0.05, 0.1) is 28.8 Å². The Morgan fingerprint density at radius 1 is 1.10 bits per heavy atom. The molecule has 15 heteroatoms. The van der Waals surface area contributed by atoms with E-state index in [0.29, 0.717) is 22.6 Å². The van der Waals surface area contributed by atoms with Crippen molar-refractivity contribution in [3.05, 3.63) is 65.0 Å². The van der Waals surface area contributed by atoms with Crippen LogP contribution in [0.5, 0.6) is 5.75 Å². The molecule has 0 bridgehead atoms. The Morgan fingerprint density at radius 3 is 2.50 bits per heavy atom. The number of esters is 1. The van der Waals surface area contributed by atoms with E-state index >= 15 is 0 Å². The molecule has 1 aliphatic heterocycles. The number of hydrogen-bond donors (Lipinski definition) is 2. The SMILES string of the molecule is Cc1nc2c(OCc3c(F)cccc3F)cccn2c1-c1nc(NCCOC(=O)C(F)(F)F)c2c(n1)NC(=O)C2(C)C. The van der Waals surface area contributed by atoms with Crippen molar-refractivity contribution in [3.63, 3.8) is 0 Å². The van der Waals surface area contributed by atoms with Gasteiger partial charge in [0.25, 0.3) is 0 Å². The van der Waals surface area contributed by atoms with E-state index in [2.05, 4.69) is 30.3 Å². The van der Waals surface area contributed by atoms with Gasteiger partial charge in [-0.3, -0.25) is 9.20 Å². The van der Waals surface area contributed by atoms with Crippen LogP contribution in [0.2, 0.25) is 0 Å². The first-order valence-corrected chi connectivity index (χ1v) is 12.5. The lowest BCUT2D eigenvalue weighted by Gasteiger charge is -2.19. The van der Waals surface area contributed by atoms with Crippen LogP contribution in [-0.4, -0.2) is 50.6 Å². The lowest BCUT2D eigenvalue weighted by Crippen LogP contribution is -2.29. The lowest BCUT2D eigenvalue weighted by molar-refractivity contribution is -0.199. The number of anilines is 2. The maximum absolute atomic E-state index is 14.1. The molecule has 42 heavy (non-hydrogen) atoms. The fraction of sp³-hybridized carbons (Fsp3) is 0.296. The van der Waals surface area contributed by atoms with Crippen molar-refractivity contribution in [3.8, 4) is 17.3 Å². The second kappa shape index (κ2) is 10.5. The molecule has 0 saturated carbocycles. The Bertz CT molecular complexity index is 1700. The topological polar surface area (TPSA) is 120 Å². The summed E-state index contributed by atoms with van der Waals surface area (Å²) in [5, 5.41) is 5.54. The quantitative estimate of drug-likeness (QED) is 0.172. The highest BCUT2D eigenvalue weighted by Crippen LogP contribution is 2.42. The lowest BCUT2D eigenvalue weighted by atomic mass is 9.87. The highest BCUT2D eigenvalue weighted by Gasteiger charge is 2.43. The number of pyridine rings is 1. The molecule has 220 valence electrons. The van der Waals surface area contributed by atoms with E-state index in [1.165, 1.54) is 6.07 Å². The summed E-state index contributed by atoms with van der Waals surface area (Å²) >= 11 is 0. The summed E-state index contributed by atoms with van der Waals surface area (Å²) in [6.07, 6.45) is -3.49. The Balaban J connectivity index is 1.49. The molecule has 4 aromatic rings. The standard InChI is InChI=1S/C27H23F5N6O4/c1-13-19(38-10-5-8-17(23(38)34-13)42-12-14-15(28)6-4-7-16(14)29)22-35-20(33-9-11-41-25(40)27(30,31)32)18-21(36-22)37-24(39)26(18,2)3/h4-8,10H,9,11-12H2,1-3H3,(H2,33,35,36,37,39). The number of carbonyl (C=O) groups excluding carboxylic acids is 2. The monoisotopic (exact) mass is 590 g/mol. The predicted molar refractivity (Wildman–Crippen MR) is 139 cm³/mol. The molecule has 0 aliphatic carbocycles. The van der Waals surface area contributed by atoms with E-state index in [-0.39, 0.29) is 41.2 Å². The van der Waals surface area contributed by atoms with Crippen molar-refractivity contribution in [2.75, 3.05) is 23.8 Å². The van der Waals surface area contributed by atoms with Crippen LogP contribution >= 0.6 is 0 Å². The van der Waals surface area contributed by atoms with Crippen molar-refractivity contribution in [2.45, 2.75) is 39.0 Å². The summed E-state index contributed by atoms with van der Waals surface area (Å²) in [6, 6.07) is 6.69. The van der Waals surface area contributed by atoms with E-state index < -0.39 is 42.4 Å². The third-order valence-corrected chi connectivity index (χ3v) is 6.63. The van der Waals surface area contributed by atoms with Crippen molar-refractivity contribution < 1.29 is 41.0 Å². The number of nitrogens with one attached hydrogen (secondary N) is 2. The van der Waals surface area contributed by atoms with Crippen molar-refractivity contribution in [1.82, 2.24) is 19.4 Å². The third-order valence-electron chi connectivity index (χ3n) is 6.63. The molecular weight excluding hydrogens is 567 g/mol. The summed E-state index contributed by atoms with van der Waals surface area (Å²) in [5.74, 6) is -3.58. The highest BCUT2D eigenvalue weighted by molar-refractivity contribution is 6.06. The third kappa shape index (κ3) is 5.17. The summed E-state index contributed by atoms with van der Waals surface area (Å²) in [4.78, 5) is 37.4. The Labute approximate surface area is 234 Å². The average molecular weight is 591 g/mol. The molecule has 0 saturated heterocycles. The molecule has 0 atom stereocenters. The number of fused-ring (bicyclic) bond motifs is 2. The number of benzene rings is 1. The van der Waals surface area contributed by atoms with Gasteiger partial charge < -0.3 is 20.1 Å². The molecule has 1 aromatic carbocycles. The number of alkyl halides is 3. The minimum absolute atomic E-state index is 0.101. The number of halogens is 5. The van der Waals surface area contributed by atoms with Gasteiger partial charge in [0.2, 0.25) is 5.91 Å². The number of aromatic nitrogens is 4. The van der Waals surface area contributed by atoms with Crippen LogP contribution in [0.4, 0.5) is 33.6 Å². The van der Waals surface area contributed by atoms with Crippen LogP contribution in [0.15, 0.2) is 36.5 Å². The fourth-order valence-electron chi connectivity index (χ4n) is 4.51. The molecule has 2 N–H and O–H groups in total. The normalized spacial score (nSPS) is 14.0. The van der Waals surface area contributed by atoms with E-state index in [0.717, 1.165) is 12.1 Å². The zero-order chi connectivity index (χ0) is 30.4. The first-order chi connectivity index (χ1) is 19.8. The molecule has 5 rings (SSSR count). The van der Waals surface area contributed by atoms with Crippen molar-refractivity contribution >= 4 is 29.2 Å². The van der Waals surface area contributed by atoms with Gasteiger partial charge in [-0.2, -0.15) is 13.2 Å². The minimum atomic E-state index is -5.13. The molecule has 1 amide bonds. The Kier molecular flexibility index (Phi) is 7.20. The minimum Gasteiger partial charge on any atom is -0.485 e. The van der Waals surface area contributed by atoms with Gasteiger partial charge in [-0.1, -0.05) is 6.07 Å². The Morgan fingerprint density at radius 2 is 1.81 bits per heavy atom. The first kappa shape index (κ1) is 28.7. The summed E-state index contributed by atoms with van der Waals surface area (Å²) < 4.78 is 77.3. The summed E-state index contributed by atoms with van der Waals surface area (Å²) in [5.41, 5.74) is 0.165. The summed E-state index contributed by atoms with van der Waals surface area (Å²) in [6.45, 7) is 3.67. The smallest absolute Gasteiger partial charge is 0.485 e. The molecule has 3 aromatic heterocycles. The van der Waals surface area contributed by atoms with Gasteiger partial charge in [0.15, 0.2) is 17.2 Å². The fourth-order valence-corrected chi connectivity index (χ4v) is 4.51. The van der Waals surface area contributed by atoms with Gasteiger partial charge in [0.1, 0.15) is 42.2 Å². The molecule has 0 spiro atoms. The van der Waals surface area contributed by atoms with E-state index in [4.69, 9.17) is 4.74 Å². The van der Waals surface area contributed by atoms with Crippen LogP contribution in [-0.2, 0) is 26.3 Å². The number of hydrogen-bond acceptors (Lipinski definition) is 8.